The van der Waals surface area contributed by atoms with Gasteiger partial charge in [-0.3, -0.25) is 9.59 Å². The van der Waals surface area contributed by atoms with Crippen LogP contribution in [0.5, 0.6) is 0 Å². The van der Waals surface area contributed by atoms with Gasteiger partial charge in [0.2, 0.25) is 0 Å². The summed E-state index contributed by atoms with van der Waals surface area (Å²) < 4.78 is 11.9. The fourth-order valence-electron chi connectivity index (χ4n) is 3.98. The smallest absolute Gasteiger partial charge is 1.00 e. The van der Waals surface area contributed by atoms with Crippen molar-refractivity contribution >= 4 is 11.9 Å². The number of rotatable bonds is 16. The van der Waals surface area contributed by atoms with E-state index >= 15 is 0 Å². The largest absolute Gasteiger partial charge is 1.00 e. The minimum Gasteiger partial charge on any atom is -1.00 e. The molecule has 0 aromatic heterocycles. The second kappa shape index (κ2) is 19.3. The zero-order valence-corrected chi connectivity index (χ0v) is 28.9. The average Bonchev–Trinajstić information content (AvgIpc) is 2.65. The first-order valence-electron chi connectivity index (χ1n) is 13.6. The van der Waals surface area contributed by atoms with Gasteiger partial charge in [0.25, 0.3) is 0 Å². The van der Waals surface area contributed by atoms with E-state index in [0.717, 1.165) is 38.5 Å². The van der Waals surface area contributed by atoms with Crippen molar-refractivity contribution in [2.75, 3.05) is 0 Å². The van der Waals surface area contributed by atoms with E-state index < -0.39 is 23.1 Å². The SMILES string of the molecule is CCCCCCCC(C)(OC(=O)CC(=O)OC(C)(CCCCCCC)C(C)(C)C)C(C)(C)C.[H-].[H-].[K+].[Li+]. The summed E-state index contributed by atoms with van der Waals surface area (Å²) in [6.45, 7) is 21.0. The summed E-state index contributed by atoms with van der Waals surface area (Å²) in [6, 6.07) is 0. The van der Waals surface area contributed by atoms with Crippen LogP contribution >= 0.6 is 0 Å². The average molecular weight is 517 g/mol. The van der Waals surface area contributed by atoms with Gasteiger partial charge < -0.3 is 12.3 Å². The van der Waals surface area contributed by atoms with Crippen molar-refractivity contribution in [1.29, 1.82) is 0 Å². The maximum Gasteiger partial charge on any atom is 1.00 e. The standard InChI is InChI=1S/C29H56O4.K.Li.2H/c1-11-13-15-17-19-21-28(9,26(3,4)5)32-24(30)23-25(31)33-29(10,27(6,7)8)22-20-18-16-14-12-2;;;;/h11-23H2,1-10H3;;;;/q;2*+1;2*-1. The van der Waals surface area contributed by atoms with Gasteiger partial charge in [-0.05, 0) is 39.5 Å². The first-order valence-corrected chi connectivity index (χ1v) is 13.6. The van der Waals surface area contributed by atoms with Crippen LogP contribution in [0.25, 0.3) is 0 Å². The van der Waals surface area contributed by atoms with E-state index in [1.54, 1.807) is 0 Å². The summed E-state index contributed by atoms with van der Waals surface area (Å²) in [7, 11) is 0. The summed E-state index contributed by atoms with van der Waals surface area (Å²) in [6.07, 6.45) is 12.9. The maximum atomic E-state index is 12.8. The number of esters is 2. The molecule has 0 aliphatic rings. The third-order valence-corrected chi connectivity index (χ3v) is 7.65. The van der Waals surface area contributed by atoms with E-state index in [1.165, 1.54) is 38.5 Å². The number of unbranched alkanes of at least 4 members (excludes halogenated alkanes) is 8. The Balaban J connectivity index is -0.000000853. The molecule has 0 aliphatic heterocycles. The van der Waals surface area contributed by atoms with Gasteiger partial charge in [-0.15, -0.1) is 0 Å². The molecule has 0 bridgehead atoms. The molecule has 0 fully saturated rings. The van der Waals surface area contributed by atoms with E-state index in [1.807, 2.05) is 13.8 Å². The third kappa shape index (κ3) is 16.0. The molecule has 35 heavy (non-hydrogen) atoms. The first kappa shape index (κ1) is 40.7. The van der Waals surface area contributed by atoms with Gasteiger partial charge in [0.15, 0.2) is 0 Å². The van der Waals surface area contributed by atoms with Crippen LogP contribution in [-0.4, -0.2) is 23.1 Å². The Morgan fingerprint density at radius 1 is 0.571 bits per heavy atom. The number of hydrogen-bond donors (Lipinski definition) is 0. The molecule has 0 saturated carbocycles. The zero-order chi connectivity index (χ0) is 25.8. The van der Waals surface area contributed by atoms with E-state index in [4.69, 9.17) is 9.47 Å². The molecule has 2 unspecified atom stereocenters. The summed E-state index contributed by atoms with van der Waals surface area (Å²) in [5.41, 5.74) is -1.64. The Morgan fingerprint density at radius 3 is 1.11 bits per heavy atom. The van der Waals surface area contributed by atoms with Crippen molar-refractivity contribution in [3.8, 4) is 0 Å². The fourth-order valence-corrected chi connectivity index (χ4v) is 3.98. The van der Waals surface area contributed by atoms with Crippen LogP contribution in [0.15, 0.2) is 0 Å². The first-order chi connectivity index (χ1) is 15.1. The molecule has 4 nitrogen and oxygen atoms in total. The van der Waals surface area contributed by atoms with Crippen molar-refractivity contribution in [2.45, 2.75) is 164 Å². The third-order valence-electron chi connectivity index (χ3n) is 7.65. The van der Waals surface area contributed by atoms with E-state index in [2.05, 4.69) is 55.4 Å². The molecule has 0 amide bonds. The molecule has 0 saturated heterocycles. The quantitative estimate of drug-likeness (QED) is 0.137. The number of hydrogen-bond acceptors (Lipinski definition) is 4. The molecule has 0 heterocycles. The molecule has 0 spiro atoms. The summed E-state index contributed by atoms with van der Waals surface area (Å²) >= 11 is 0. The Kier molecular flexibility index (Phi) is 22.4. The van der Waals surface area contributed by atoms with Gasteiger partial charge in [-0.25, -0.2) is 0 Å². The second-order valence-electron chi connectivity index (χ2n) is 12.4. The predicted molar refractivity (Wildman–Crippen MR) is 141 cm³/mol. The van der Waals surface area contributed by atoms with E-state index in [9.17, 15) is 9.59 Å². The number of ether oxygens (including phenoxy) is 2. The normalized spacial score (nSPS) is 15.1. The molecular weight excluding hydrogens is 458 g/mol. The Bertz CT molecular complexity index is 543. The van der Waals surface area contributed by atoms with Gasteiger partial charge in [-0.2, -0.15) is 0 Å². The van der Waals surface area contributed by atoms with Crippen LogP contribution in [0.4, 0.5) is 0 Å². The van der Waals surface area contributed by atoms with Crippen LogP contribution in [0.1, 0.15) is 156 Å². The molecule has 200 valence electrons. The van der Waals surface area contributed by atoms with E-state index in [0.29, 0.717) is 0 Å². The van der Waals surface area contributed by atoms with Gasteiger partial charge in [0.05, 0.1) is 0 Å². The Hall–Kier alpha value is 1.17. The molecular formula is C29H58KLiO4. The van der Waals surface area contributed by atoms with Crippen LogP contribution in [0.3, 0.4) is 0 Å². The van der Waals surface area contributed by atoms with Crippen molar-refractivity contribution < 1.29 is 92.2 Å². The number of carbonyl (C=O) groups excluding carboxylic acids is 2. The molecule has 0 rings (SSSR count). The zero-order valence-electron chi connectivity index (χ0n) is 27.8. The van der Waals surface area contributed by atoms with Crippen molar-refractivity contribution in [2.24, 2.45) is 10.8 Å². The minimum absolute atomic E-state index is 0. The van der Waals surface area contributed by atoms with Crippen LogP contribution in [0, 0.1) is 10.8 Å². The van der Waals surface area contributed by atoms with Crippen LogP contribution in [0.2, 0.25) is 0 Å². The predicted octanol–water partition coefficient (Wildman–Crippen LogP) is 3.03. The Morgan fingerprint density at radius 2 is 0.857 bits per heavy atom. The van der Waals surface area contributed by atoms with Gasteiger partial charge in [0.1, 0.15) is 17.6 Å². The van der Waals surface area contributed by atoms with Crippen molar-refractivity contribution in [3.05, 3.63) is 0 Å². The van der Waals surface area contributed by atoms with Gasteiger partial charge in [-0.1, -0.05) is 107 Å². The second-order valence-corrected chi connectivity index (χ2v) is 12.4. The monoisotopic (exact) mass is 516 g/mol. The Labute approximate surface area is 276 Å². The van der Waals surface area contributed by atoms with Gasteiger partial charge in [0, 0.05) is 10.8 Å². The van der Waals surface area contributed by atoms with Crippen molar-refractivity contribution in [1.82, 2.24) is 0 Å². The van der Waals surface area contributed by atoms with Crippen molar-refractivity contribution in [3.63, 3.8) is 0 Å². The molecule has 0 N–H and O–H groups in total. The molecule has 0 aromatic rings. The van der Waals surface area contributed by atoms with Crippen LogP contribution in [-0.2, 0) is 19.1 Å². The summed E-state index contributed by atoms with van der Waals surface area (Å²) in [5, 5.41) is 0. The molecule has 0 radical (unpaired) electrons. The minimum atomic E-state index is -0.608. The molecule has 2 atom stereocenters. The number of carbonyl (C=O) groups is 2. The molecule has 6 heteroatoms. The summed E-state index contributed by atoms with van der Waals surface area (Å²) in [5.74, 6) is -0.963. The van der Waals surface area contributed by atoms with E-state index in [-0.39, 0.29) is 90.3 Å². The topological polar surface area (TPSA) is 52.6 Å². The molecule has 0 aromatic carbocycles. The fraction of sp³-hybridized carbons (Fsp3) is 0.931. The van der Waals surface area contributed by atoms with Crippen LogP contribution < -0.4 is 70.2 Å². The maximum absolute atomic E-state index is 12.8. The summed E-state index contributed by atoms with van der Waals surface area (Å²) in [4.78, 5) is 25.6. The molecule has 0 aliphatic carbocycles. The van der Waals surface area contributed by atoms with Gasteiger partial charge >= 0.3 is 82.2 Å².